The van der Waals surface area contributed by atoms with Crippen LogP contribution in [-0.4, -0.2) is 12.1 Å². The standard InChI is InChI=1S/C18H24O2/c1-18(2,3)15-10-7-11-16(13-15)20-17(19)12-14-8-5-4-6-9-14/h4-9,11,15-16H,10,12-13H2,1-3H3/t15-,16-/m1/s1. The molecular weight excluding hydrogens is 248 g/mol. The molecule has 1 aliphatic rings. The molecule has 1 aromatic rings. The lowest BCUT2D eigenvalue weighted by atomic mass is 9.74. The summed E-state index contributed by atoms with van der Waals surface area (Å²) in [4.78, 5) is 12.0. The van der Waals surface area contributed by atoms with Crippen LogP contribution in [-0.2, 0) is 16.0 Å². The lowest BCUT2D eigenvalue weighted by Crippen LogP contribution is -2.29. The van der Waals surface area contributed by atoms with Crippen LogP contribution in [0.15, 0.2) is 42.5 Å². The predicted molar refractivity (Wildman–Crippen MR) is 81.3 cm³/mol. The Bertz CT molecular complexity index is 468. The molecule has 2 nitrogen and oxygen atoms in total. The number of rotatable bonds is 3. The smallest absolute Gasteiger partial charge is 0.310 e. The number of ether oxygens (including phenoxy) is 1. The number of hydrogen-bond donors (Lipinski definition) is 0. The highest BCUT2D eigenvalue weighted by Gasteiger charge is 2.29. The van der Waals surface area contributed by atoms with Crippen molar-refractivity contribution in [1.82, 2.24) is 0 Å². The van der Waals surface area contributed by atoms with Gasteiger partial charge in [0, 0.05) is 0 Å². The molecule has 2 atom stereocenters. The van der Waals surface area contributed by atoms with Gasteiger partial charge in [-0.15, -0.1) is 0 Å². The maximum absolute atomic E-state index is 12.0. The summed E-state index contributed by atoms with van der Waals surface area (Å²) >= 11 is 0. The Hall–Kier alpha value is -1.57. The van der Waals surface area contributed by atoms with Crippen molar-refractivity contribution in [3.05, 3.63) is 48.0 Å². The first kappa shape index (κ1) is 14.8. The summed E-state index contributed by atoms with van der Waals surface area (Å²) in [7, 11) is 0. The van der Waals surface area contributed by atoms with Gasteiger partial charge in [-0.1, -0.05) is 57.2 Å². The maximum Gasteiger partial charge on any atom is 0.310 e. The molecule has 0 bridgehead atoms. The molecule has 0 spiro atoms. The van der Waals surface area contributed by atoms with Gasteiger partial charge in [-0.05, 0) is 35.8 Å². The Balaban J connectivity index is 1.89. The highest BCUT2D eigenvalue weighted by molar-refractivity contribution is 5.72. The molecule has 0 N–H and O–H groups in total. The highest BCUT2D eigenvalue weighted by atomic mass is 16.5. The van der Waals surface area contributed by atoms with E-state index >= 15 is 0 Å². The molecule has 20 heavy (non-hydrogen) atoms. The molecule has 0 fully saturated rings. The Kier molecular flexibility index (Phi) is 4.64. The zero-order valence-electron chi connectivity index (χ0n) is 12.6. The molecule has 0 heterocycles. The van der Waals surface area contributed by atoms with E-state index < -0.39 is 0 Å². The zero-order valence-corrected chi connectivity index (χ0v) is 12.6. The van der Waals surface area contributed by atoms with Gasteiger partial charge >= 0.3 is 5.97 Å². The van der Waals surface area contributed by atoms with Crippen LogP contribution in [0.3, 0.4) is 0 Å². The lowest BCUT2D eigenvalue weighted by Gasteiger charge is -2.34. The summed E-state index contributed by atoms with van der Waals surface area (Å²) in [6.45, 7) is 6.75. The minimum atomic E-state index is -0.139. The molecule has 0 aliphatic heterocycles. The number of benzene rings is 1. The molecule has 0 radical (unpaired) electrons. The normalized spacial score (nSPS) is 22.6. The molecule has 0 unspecified atom stereocenters. The van der Waals surface area contributed by atoms with Crippen molar-refractivity contribution < 1.29 is 9.53 Å². The van der Waals surface area contributed by atoms with E-state index in [0.29, 0.717) is 12.3 Å². The third-order valence-corrected chi connectivity index (χ3v) is 3.99. The van der Waals surface area contributed by atoms with Crippen molar-refractivity contribution in [1.29, 1.82) is 0 Å². The first-order valence-corrected chi connectivity index (χ1v) is 7.35. The lowest BCUT2D eigenvalue weighted by molar-refractivity contribution is -0.147. The van der Waals surface area contributed by atoms with Crippen LogP contribution >= 0.6 is 0 Å². The molecule has 2 heteroatoms. The van der Waals surface area contributed by atoms with Crippen LogP contribution in [0.2, 0.25) is 0 Å². The van der Waals surface area contributed by atoms with Gasteiger partial charge < -0.3 is 4.74 Å². The van der Waals surface area contributed by atoms with Gasteiger partial charge in [-0.2, -0.15) is 0 Å². The Labute approximate surface area is 121 Å². The summed E-state index contributed by atoms with van der Waals surface area (Å²) in [5, 5.41) is 0. The van der Waals surface area contributed by atoms with Gasteiger partial charge in [0.15, 0.2) is 0 Å². The Morgan fingerprint density at radius 2 is 1.95 bits per heavy atom. The second kappa shape index (κ2) is 6.25. The largest absolute Gasteiger partial charge is 0.458 e. The van der Waals surface area contributed by atoms with Gasteiger partial charge in [0.25, 0.3) is 0 Å². The summed E-state index contributed by atoms with van der Waals surface area (Å²) in [6.07, 6.45) is 6.48. The van der Waals surface area contributed by atoms with Crippen LogP contribution in [0.5, 0.6) is 0 Å². The minimum Gasteiger partial charge on any atom is -0.458 e. The van der Waals surface area contributed by atoms with E-state index in [9.17, 15) is 4.79 Å². The molecule has 0 saturated carbocycles. The van der Waals surface area contributed by atoms with Crippen LogP contribution < -0.4 is 0 Å². The van der Waals surface area contributed by atoms with Crippen molar-refractivity contribution in [3.63, 3.8) is 0 Å². The van der Waals surface area contributed by atoms with Gasteiger partial charge in [-0.3, -0.25) is 4.79 Å². The van der Waals surface area contributed by atoms with Gasteiger partial charge in [0.05, 0.1) is 6.42 Å². The van der Waals surface area contributed by atoms with Crippen LogP contribution in [0, 0.1) is 11.3 Å². The van der Waals surface area contributed by atoms with Crippen molar-refractivity contribution in [3.8, 4) is 0 Å². The summed E-state index contributed by atoms with van der Waals surface area (Å²) < 4.78 is 5.59. The highest BCUT2D eigenvalue weighted by Crippen LogP contribution is 2.36. The fourth-order valence-corrected chi connectivity index (χ4v) is 2.62. The number of carbonyl (C=O) groups excluding carboxylic acids is 1. The molecule has 1 aromatic carbocycles. The van der Waals surface area contributed by atoms with E-state index in [-0.39, 0.29) is 17.5 Å². The average molecular weight is 272 g/mol. The van der Waals surface area contributed by atoms with E-state index in [1.807, 2.05) is 36.4 Å². The van der Waals surface area contributed by atoms with Crippen molar-refractivity contribution in [2.24, 2.45) is 11.3 Å². The predicted octanol–water partition coefficient (Wildman–Crippen LogP) is 4.15. The van der Waals surface area contributed by atoms with Crippen molar-refractivity contribution in [2.75, 3.05) is 0 Å². The fourth-order valence-electron chi connectivity index (χ4n) is 2.62. The Morgan fingerprint density at radius 1 is 1.25 bits per heavy atom. The number of hydrogen-bond acceptors (Lipinski definition) is 2. The van der Waals surface area contributed by atoms with Gasteiger partial charge in [0.1, 0.15) is 6.10 Å². The molecule has 108 valence electrons. The second-order valence-electron chi connectivity index (χ2n) is 6.65. The zero-order chi connectivity index (χ0) is 14.6. The minimum absolute atomic E-state index is 0.0656. The van der Waals surface area contributed by atoms with E-state index in [1.165, 1.54) is 0 Å². The molecule has 2 rings (SSSR count). The first-order chi connectivity index (χ1) is 9.45. The number of esters is 1. The van der Waals surface area contributed by atoms with Gasteiger partial charge in [-0.25, -0.2) is 0 Å². The van der Waals surface area contributed by atoms with Crippen LogP contribution in [0.4, 0.5) is 0 Å². The first-order valence-electron chi connectivity index (χ1n) is 7.35. The summed E-state index contributed by atoms with van der Waals surface area (Å²) in [5.41, 5.74) is 1.26. The van der Waals surface area contributed by atoms with E-state index in [2.05, 4.69) is 26.8 Å². The maximum atomic E-state index is 12.0. The number of carbonyl (C=O) groups is 1. The van der Waals surface area contributed by atoms with E-state index in [4.69, 9.17) is 4.74 Å². The average Bonchev–Trinajstić information content (AvgIpc) is 2.39. The number of allylic oxidation sites excluding steroid dienone is 1. The van der Waals surface area contributed by atoms with Gasteiger partial charge in [0.2, 0.25) is 0 Å². The molecule has 1 aliphatic carbocycles. The molecule has 0 amide bonds. The molecular formula is C18H24O2. The molecule has 0 saturated heterocycles. The third-order valence-electron chi connectivity index (χ3n) is 3.99. The third kappa shape index (κ3) is 4.22. The van der Waals surface area contributed by atoms with Crippen LogP contribution in [0.1, 0.15) is 39.2 Å². The molecule has 0 aromatic heterocycles. The Morgan fingerprint density at radius 3 is 2.60 bits per heavy atom. The van der Waals surface area contributed by atoms with E-state index in [1.54, 1.807) is 0 Å². The SMILES string of the molecule is CC(C)(C)[C@@H]1CC=C[C@@H](OC(=O)Cc2ccccc2)C1. The van der Waals surface area contributed by atoms with Crippen molar-refractivity contribution >= 4 is 5.97 Å². The quantitative estimate of drug-likeness (QED) is 0.610. The summed E-state index contributed by atoms with van der Waals surface area (Å²) in [5.74, 6) is 0.433. The van der Waals surface area contributed by atoms with E-state index in [0.717, 1.165) is 18.4 Å². The van der Waals surface area contributed by atoms with Crippen LogP contribution in [0.25, 0.3) is 0 Å². The van der Waals surface area contributed by atoms with Crippen molar-refractivity contribution in [2.45, 2.75) is 46.1 Å². The monoisotopic (exact) mass is 272 g/mol. The summed E-state index contributed by atoms with van der Waals surface area (Å²) in [6, 6.07) is 9.75. The fraction of sp³-hybridized carbons (Fsp3) is 0.500. The second-order valence-corrected chi connectivity index (χ2v) is 6.65. The topological polar surface area (TPSA) is 26.3 Å².